The monoisotopic (exact) mass is 261 g/mol. The summed E-state index contributed by atoms with van der Waals surface area (Å²) in [4.78, 5) is 1.97. The molecule has 0 fully saturated rings. The Morgan fingerprint density at radius 3 is 2.27 bits per heavy atom. The van der Waals surface area contributed by atoms with Crippen molar-refractivity contribution in [2.45, 2.75) is 0 Å². The van der Waals surface area contributed by atoms with E-state index in [1.165, 1.54) is 0 Å². The Bertz CT molecular complexity index is 184. The van der Waals surface area contributed by atoms with Crippen molar-refractivity contribution in [2.24, 2.45) is 0 Å². The first-order valence-corrected chi connectivity index (χ1v) is 5.39. The third-order valence-electron chi connectivity index (χ3n) is 1.04. The van der Waals surface area contributed by atoms with Crippen LogP contribution < -0.4 is 5.32 Å². The lowest BCUT2D eigenvalue weighted by atomic mass is 10.3. The number of anilines is 1. The largest absolute Gasteiger partial charge is 0.362 e. The highest BCUT2D eigenvalue weighted by molar-refractivity contribution is 14.1. The Hall–Kier alpha value is -0.510. The summed E-state index contributed by atoms with van der Waals surface area (Å²) in [7, 11) is 0. The van der Waals surface area contributed by atoms with E-state index >= 15 is 0 Å². The van der Waals surface area contributed by atoms with Crippen LogP contribution in [0.15, 0.2) is 43.1 Å². The number of benzene rings is 1. The molecule has 0 unspecified atom stereocenters. The maximum atomic E-state index is 3.54. The lowest BCUT2D eigenvalue weighted by molar-refractivity contribution is 1.60. The molecule has 0 spiro atoms. The number of para-hydroxylation sites is 1. The fourth-order valence-corrected chi connectivity index (χ4v) is 0.652. The van der Waals surface area contributed by atoms with E-state index in [2.05, 4.69) is 34.5 Å². The van der Waals surface area contributed by atoms with Gasteiger partial charge in [0.2, 0.25) is 0 Å². The second-order valence-corrected chi connectivity index (χ2v) is 1.71. The van der Waals surface area contributed by atoms with Crippen LogP contribution in [-0.4, -0.2) is 4.93 Å². The topological polar surface area (TPSA) is 12.0 Å². The summed E-state index contributed by atoms with van der Waals surface area (Å²) < 4.78 is 0. The van der Waals surface area contributed by atoms with E-state index in [4.69, 9.17) is 0 Å². The first kappa shape index (κ1) is 10.5. The predicted octanol–water partition coefficient (Wildman–Crippen LogP) is 3.29. The van der Waals surface area contributed by atoms with E-state index in [1.54, 1.807) is 6.20 Å². The van der Waals surface area contributed by atoms with Gasteiger partial charge in [0.25, 0.3) is 0 Å². The number of nitrogens with one attached hydrogen (secondary N) is 1. The summed E-state index contributed by atoms with van der Waals surface area (Å²) >= 11 is 2.15. The Balaban J connectivity index is 0.000000461. The zero-order chi connectivity index (χ0) is 8.53. The van der Waals surface area contributed by atoms with Gasteiger partial charge in [-0.1, -0.05) is 47.4 Å². The van der Waals surface area contributed by atoms with Crippen molar-refractivity contribution in [3.63, 3.8) is 0 Å². The molecule has 0 amide bonds. The number of hydrogen-bond donors (Lipinski definition) is 1. The molecule has 60 valence electrons. The predicted molar refractivity (Wildman–Crippen MR) is 60.2 cm³/mol. The van der Waals surface area contributed by atoms with Gasteiger partial charge in [0.1, 0.15) is 0 Å². The fraction of sp³-hybridized carbons (Fsp3) is 0.111. The van der Waals surface area contributed by atoms with Gasteiger partial charge >= 0.3 is 0 Å². The first-order valence-electron chi connectivity index (χ1n) is 3.24. The zero-order valence-corrected chi connectivity index (χ0v) is 8.71. The number of rotatable bonds is 2. The highest BCUT2D eigenvalue weighted by atomic mass is 127. The van der Waals surface area contributed by atoms with Crippen LogP contribution in [0.2, 0.25) is 0 Å². The minimum absolute atomic E-state index is 1.08. The Labute approximate surface area is 81.7 Å². The molecule has 0 saturated carbocycles. The van der Waals surface area contributed by atoms with E-state index in [-0.39, 0.29) is 0 Å². The summed E-state index contributed by atoms with van der Waals surface area (Å²) in [6.07, 6.45) is 1.66. The van der Waals surface area contributed by atoms with Gasteiger partial charge in [-0.05, 0) is 23.3 Å². The molecule has 0 bridgehead atoms. The quantitative estimate of drug-likeness (QED) is 0.636. The summed E-state index contributed by atoms with van der Waals surface area (Å²) in [5.41, 5.74) is 1.08. The van der Waals surface area contributed by atoms with E-state index in [0.29, 0.717) is 0 Å². The fourth-order valence-electron chi connectivity index (χ4n) is 0.652. The lowest BCUT2D eigenvalue weighted by Crippen LogP contribution is -1.82. The molecule has 1 N–H and O–H groups in total. The molecule has 0 aliphatic heterocycles. The van der Waals surface area contributed by atoms with Crippen LogP contribution in [0.25, 0.3) is 0 Å². The average Bonchev–Trinajstić information content (AvgIpc) is 2.11. The molecule has 2 heteroatoms. The van der Waals surface area contributed by atoms with Crippen LogP contribution in [0.4, 0.5) is 5.69 Å². The van der Waals surface area contributed by atoms with Crippen molar-refractivity contribution in [1.29, 1.82) is 0 Å². The molecule has 1 nitrogen and oxygen atoms in total. The minimum atomic E-state index is 1.08. The second kappa shape index (κ2) is 7.60. The van der Waals surface area contributed by atoms with Crippen molar-refractivity contribution in [3.05, 3.63) is 43.1 Å². The lowest BCUT2D eigenvalue weighted by Gasteiger charge is -1.95. The van der Waals surface area contributed by atoms with Crippen LogP contribution in [0.3, 0.4) is 0 Å². The van der Waals surface area contributed by atoms with E-state index < -0.39 is 0 Å². The molecular weight excluding hydrogens is 249 g/mol. The highest BCUT2D eigenvalue weighted by Crippen LogP contribution is 2.03. The summed E-state index contributed by atoms with van der Waals surface area (Å²) in [5.74, 6) is 0. The number of alkyl halides is 1. The third-order valence-corrected chi connectivity index (χ3v) is 1.04. The standard InChI is InChI=1S/C8H9N.CH3I/c1-2-9-8-6-4-3-5-7-8;1-2/h2-7,9H,1H2;1H3. The number of halogens is 1. The molecule has 0 atom stereocenters. The molecule has 0 heterocycles. The van der Waals surface area contributed by atoms with Crippen LogP contribution in [-0.2, 0) is 0 Å². The molecule has 0 aromatic heterocycles. The van der Waals surface area contributed by atoms with Gasteiger partial charge in [0.05, 0.1) is 0 Å². The molecule has 0 radical (unpaired) electrons. The molecular formula is C9H12IN. The van der Waals surface area contributed by atoms with Gasteiger partial charge < -0.3 is 5.32 Å². The molecule has 1 aromatic rings. The van der Waals surface area contributed by atoms with Crippen LogP contribution >= 0.6 is 22.6 Å². The van der Waals surface area contributed by atoms with Gasteiger partial charge in [-0.15, -0.1) is 0 Å². The molecule has 0 aliphatic rings. The Morgan fingerprint density at radius 2 is 1.82 bits per heavy atom. The molecule has 0 aliphatic carbocycles. The van der Waals surface area contributed by atoms with Crippen LogP contribution in [0.1, 0.15) is 0 Å². The van der Waals surface area contributed by atoms with Gasteiger partial charge in [-0.2, -0.15) is 0 Å². The Kier molecular flexibility index (Phi) is 7.24. The maximum Gasteiger partial charge on any atom is 0.0379 e. The van der Waals surface area contributed by atoms with Gasteiger partial charge in [0, 0.05) is 5.69 Å². The maximum absolute atomic E-state index is 3.54. The van der Waals surface area contributed by atoms with Crippen molar-refractivity contribution < 1.29 is 0 Å². The van der Waals surface area contributed by atoms with Crippen molar-refractivity contribution in [1.82, 2.24) is 0 Å². The average molecular weight is 261 g/mol. The van der Waals surface area contributed by atoms with Gasteiger partial charge in [-0.25, -0.2) is 0 Å². The van der Waals surface area contributed by atoms with E-state index in [1.807, 2.05) is 35.3 Å². The summed E-state index contributed by atoms with van der Waals surface area (Å²) in [5, 5.41) is 2.97. The minimum Gasteiger partial charge on any atom is -0.362 e. The van der Waals surface area contributed by atoms with Gasteiger partial charge in [-0.3, -0.25) is 0 Å². The first-order chi connectivity index (χ1) is 5.43. The molecule has 1 rings (SSSR count). The highest BCUT2D eigenvalue weighted by Gasteiger charge is 1.79. The van der Waals surface area contributed by atoms with Gasteiger partial charge in [0.15, 0.2) is 0 Å². The van der Waals surface area contributed by atoms with Crippen molar-refractivity contribution in [3.8, 4) is 0 Å². The summed E-state index contributed by atoms with van der Waals surface area (Å²) in [6.45, 7) is 3.54. The summed E-state index contributed by atoms with van der Waals surface area (Å²) in [6, 6.07) is 9.91. The van der Waals surface area contributed by atoms with E-state index in [9.17, 15) is 0 Å². The van der Waals surface area contributed by atoms with Crippen LogP contribution in [0.5, 0.6) is 0 Å². The van der Waals surface area contributed by atoms with Crippen molar-refractivity contribution >= 4 is 28.3 Å². The van der Waals surface area contributed by atoms with Crippen LogP contribution in [0, 0.1) is 0 Å². The smallest absolute Gasteiger partial charge is 0.0379 e. The van der Waals surface area contributed by atoms with E-state index in [0.717, 1.165) is 5.69 Å². The normalized spacial score (nSPS) is 7.45. The SMILES string of the molecule is C=CNc1ccccc1.CI. The van der Waals surface area contributed by atoms with Crippen molar-refractivity contribution in [2.75, 3.05) is 10.2 Å². The zero-order valence-electron chi connectivity index (χ0n) is 6.55. The third kappa shape index (κ3) is 4.84. The molecule has 1 aromatic carbocycles. The number of hydrogen-bond acceptors (Lipinski definition) is 1. The second-order valence-electron chi connectivity index (χ2n) is 1.71. The molecule has 11 heavy (non-hydrogen) atoms. The Morgan fingerprint density at radius 1 is 1.27 bits per heavy atom. The molecule has 0 saturated heterocycles.